The van der Waals surface area contributed by atoms with E-state index in [9.17, 15) is 18.0 Å². The number of carbonyl (C=O) groups excluding carboxylic acids is 2. The lowest BCUT2D eigenvalue weighted by molar-refractivity contribution is -0.119. The summed E-state index contributed by atoms with van der Waals surface area (Å²) in [5.74, 6) is -0.852. The van der Waals surface area contributed by atoms with Crippen LogP contribution < -0.4 is 5.32 Å². The third-order valence-corrected chi connectivity index (χ3v) is 5.80. The number of hydrogen-bond donors (Lipinski definition) is 1. The molecule has 1 N–H and O–H groups in total. The molecule has 3 aromatic carbocycles. The van der Waals surface area contributed by atoms with Gasteiger partial charge in [0, 0.05) is 11.8 Å². The van der Waals surface area contributed by atoms with Crippen LogP contribution in [0.1, 0.15) is 10.4 Å². The molecule has 0 saturated carbocycles. The summed E-state index contributed by atoms with van der Waals surface area (Å²) in [4.78, 5) is 24.7. The number of esters is 1. The maximum atomic E-state index is 12.5. The van der Waals surface area contributed by atoms with Crippen molar-refractivity contribution in [2.45, 2.75) is 4.90 Å². The fourth-order valence-corrected chi connectivity index (χ4v) is 4.00. The van der Waals surface area contributed by atoms with Gasteiger partial charge in [-0.25, -0.2) is 13.2 Å². The number of hydrogen-bond acceptors (Lipinski definition) is 7. The van der Waals surface area contributed by atoms with Crippen molar-refractivity contribution >= 4 is 38.3 Å². The second kappa shape index (κ2) is 8.64. The van der Waals surface area contributed by atoms with Gasteiger partial charge >= 0.3 is 5.97 Å². The molecule has 4 rings (SSSR count). The van der Waals surface area contributed by atoms with Crippen LogP contribution in [-0.2, 0) is 19.4 Å². The van der Waals surface area contributed by atoms with E-state index in [2.05, 4.69) is 10.5 Å². The van der Waals surface area contributed by atoms with Crippen LogP contribution in [0.4, 0.5) is 5.69 Å². The molecule has 0 aliphatic rings. The average molecular weight is 450 g/mol. The molecule has 1 heterocycles. The topological polar surface area (TPSA) is 116 Å². The van der Waals surface area contributed by atoms with Crippen LogP contribution in [0.2, 0.25) is 0 Å². The maximum absolute atomic E-state index is 12.5. The minimum atomic E-state index is -3.53. The van der Waals surface area contributed by atoms with Gasteiger partial charge in [-0.15, -0.1) is 0 Å². The molecular weight excluding hydrogens is 432 g/mol. The SMILES string of the molecule is CS(=O)(=O)c1ccccc1NC(=O)COC(=O)c1ccc2noc(-c3ccccc3)c2c1. The van der Waals surface area contributed by atoms with Gasteiger partial charge in [0.25, 0.3) is 5.91 Å². The lowest BCUT2D eigenvalue weighted by Crippen LogP contribution is -2.22. The monoisotopic (exact) mass is 450 g/mol. The Bertz CT molecular complexity index is 1410. The third kappa shape index (κ3) is 4.52. The van der Waals surface area contributed by atoms with E-state index in [0.717, 1.165) is 11.8 Å². The van der Waals surface area contributed by atoms with Crippen LogP contribution in [-0.4, -0.2) is 38.3 Å². The second-order valence-electron chi connectivity index (χ2n) is 7.00. The number of aromatic nitrogens is 1. The number of ether oxygens (including phenoxy) is 1. The van der Waals surface area contributed by atoms with E-state index in [1.807, 2.05) is 30.3 Å². The summed E-state index contributed by atoms with van der Waals surface area (Å²) in [6.07, 6.45) is 1.04. The summed E-state index contributed by atoms with van der Waals surface area (Å²) >= 11 is 0. The molecule has 9 heteroatoms. The van der Waals surface area contributed by atoms with Gasteiger partial charge in [0.2, 0.25) is 0 Å². The summed E-state index contributed by atoms with van der Waals surface area (Å²) in [5, 5.41) is 7.10. The molecular formula is C23H18N2O6S. The van der Waals surface area contributed by atoms with E-state index in [0.29, 0.717) is 16.7 Å². The molecule has 0 radical (unpaired) electrons. The van der Waals surface area contributed by atoms with Gasteiger partial charge in [-0.05, 0) is 30.3 Å². The molecule has 0 saturated heterocycles. The first-order valence-electron chi connectivity index (χ1n) is 9.54. The van der Waals surface area contributed by atoms with Crippen LogP contribution in [0.3, 0.4) is 0 Å². The molecule has 0 bridgehead atoms. The number of rotatable bonds is 6. The molecule has 4 aromatic rings. The Hall–Kier alpha value is -3.98. The Morgan fingerprint density at radius 2 is 1.72 bits per heavy atom. The first-order valence-corrected chi connectivity index (χ1v) is 11.4. The van der Waals surface area contributed by atoms with Crippen LogP contribution in [0.25, 0.3) is 22.2 Å². The Morgan fingerprint density at radius 3 is 2.47 bits per heavy atom. The number of fused-ring (bicyclic) bond motifs is 1. The highest BCUT2D eigenvalue weighted by Gasteiger charge is 2.18. The second-order valence-corrected chi connectivity index (χ2v) is 8.99. The summed E-state index contributed by atoms with van der Waals surface area (Å²) in [7, 11) is -3.53. The zero-order chi connectivity index (χ0) is 22.7. The minimum Gasteiger partial charge on any atom is -0.452 e. The molecule has 0 unspecified atom stereocenters. The van der Waals surface area contributed by atoms with Crippen LogP contribution in [0.5, 0.6) is 0 Å². The summed E-state index contributed by atoms with van der Waals surface area (Å²) in [6, 6.07) is 20.1. The van der Waals surface area contributed by atoms with Crippen molar-refractivity contribution < 1.29 is 27.3 Å². The largest absolute Gasteiger partial charge is 0.452 e. The maximum Gasteiger partial charge on any atom is 0.338 e. The number of amides is 1. The van der Waals surface area contributed by atoms with Crippen molar-refractivity contribution in [3.8, 4) is 11.3 Å². The number of nitrogens with zero attached hydrogens (tertiary/aromatic N) is 1. The molecule has 0 fully saturated rings. The van der Waals surface area contributed by atoms with Crippen molar-refractivity contribution in [1.29, 1.82) is 0 Å². The van der Waals surface area contributed by atoms with E-state index in [4.69, 9.17) is 9.26 Å². The van der Waals surface area contributed by atoms with Gasteiger partial charge in [-0.3, -0.25) is 4.79 Å². The Balaban J connectivity index is 1.47. The molecule has 0 spiro atoms. The van der Waals surface area contributed by atoms with Gasteiger partial charge in [0.15, 0.2) is 22.2 Å². The van der Waals surface area contributed by atoms with Crippen molar-refractivity contribution in [2.75, 3.05) is 18.2 Å². The van der Waals surface area contributed by atoms with Crippen molar-refractivity contribution in [2.24, 2.45) is 0 Å². The highest BCUT2D eigenvalue weighted by Crippen LogP contribution is 2.29. The van der Waals surface area contributed by atoms with E-state index in [1.54, 1.807) is 24.3 Å². The summed E-state index contributed by atoms with van der Waals surface area (Å²) < 4.78 is 34.2. The fourth-order valence-electron chi connectivity index (χ4n) is 3.16. The van der Waals surface area contributed by atoms with Gasteiger partial charge < -0.3 is 14.6 Å². The van der Waals surface area contributed by atoms with Crippen molar-refractivity contribution in [3.05, 3.63) is 78.4 Å². The smallest absolute Gasteiger partial charge is 0.338 e. The van der Waals surface area contributed by atoms with Crippen molar-refractivity contribution in [3.63, 3.8) is 0 Å². The Labute approximate surface area is 183 Å². The van der Waals surface area contributed by atoms with Crippen LogP contribution >= 0.6 is 0 Å². The predicted molar refractivity (Wildman–Crippen MR) is 118 cm³/mol. The first kappa shape index (κ1) is 21.3. The quantitative estimate of drug-likeness (QED) is 0.445. The number of anilines is 1. The number of benzene rings is 3. The van der Waals surface area contributed by atoms with Crippen LogP contribution in [0.15, 0.2) is 82.2 Å². The molecule has 8 nitrogen and oxygen atoms in total. The van der Waals surface area contributed by atoms with Crippen molar-refractivity contribution in [1.82, 2.24) is 5.16 Å². The lowest BCUT2D eigenvalue weighted by atomic mass is 10.1. The van der Waals surface area contributed by atoms with Gasteiger partial charge in [-0.2, -0.15) is 0 Å². The van der Waals surface area contributed by atoms with Crippen LogP contribution in [0, 0.1) is 0 Å². The third-order valence-electron chi connectivity index (χ3n) is 4.64. The molecule has 32 heavy (non-hydrogen) atoms. The van der Waals surface area contributed by atoms with E-state index >= 15 is 0 Å². The normalized spacial score (nSPS) is 11.3. The zero-order valence-corrected chi connectivity index (χ0v) is 17.8. The number of para-hydroxylation sites is 1. The molecule has 1 amide bonds. The zero-order valence-electron chi connectivity index (χ0n) is 16.9. The highest BCUT2D eigenvalue weighted by atomic mass is 32.2. The minimum absolute atomic E-state index is 0.0222. The fraction of sp³-hybridized carbons (Fsp3) is 0.0870. The first-order chi connectivity index (χ1) is 15.3. The van der Waals surface area contributed by atoms with Gasteiger partial charge in [0.1, 0.15) is 5.52 Å². The molecule has 1 aromatic heterocycles. The molecule has 162 valence electrons. The Kier molecular flexibility index (Phi) is 5.74. The predicted octanol–water partition coefficient (Wildman–Crippen LogP) is 3.69. The van der Waals surface area contributed by atoms with E-state index in [1.165, 1.54) is 18.2 Å². The van der Waals surface area contributed by atoms with E-state index < -0.39 is 28.3 Å². The highest BCUT2D eigenvalue weighted by molar-refractivity contribution is 7.90. The molecule has 0 aliphatic heterocycles. The van der Waals surface area contributed by atoms with Gasteiger partial charge in [-0.1, -0.05) is 47.6 Å². The lowest BCUT2D eigenvalue weighted by Gasteiger charge is -2.10. The molecule has 0 atom stereocenters. The van der Waals surface area contributed by atoms with E-state index in [-0.39, 0.29) is 16.1 Å². The molecule has 0 aliphatic carbocycles. The standard InChI is InChI=1S/C23H18N2O6S/c1-32(28,29)20-10-6-5-9-19(20)24-21(26)14-30-23(27)16-11-12-18-17(13-16)22(31-25-18)15-7-3-2-4-8-15/h2-13H,14H2,1H3,(H,24,26). The van der Waals surface area contributed by atoms with Gasteiger partial charge in [0.05, 0.1) is 21.5 Å². The number of carbonyl (C=O) groups is 2. The Morgan fingerprint density at radius 1 is 1.00 bits per heavy atom. The summed E-state index contributed by atoms with van der Waals surface area (Å²) in [6.45, 7) is -0.579. The number of sulfone groups is 1. The summed E-state index contributed by atoms with van der Waals surface area (Å²) in [5.41, 5.74) is 1.73. The average Bonchev–Trinajstić information content (AvgIpc) is 3.21. The number of nitrogens with one attached hydrogen (secondary N) is 1.